The van der Waals surface area contributed by atoms with Crippen molar-refractivity contribution in [2.24, 2.45) is 17.6 Å². The van der Waals surface area contributed by atoms with Crippen LogP contribution in [0.15, 0.2) is 21.2 Å². The van der Waals surface area contributed by atoms with Crippen LogP contribution in [-0.2, 0) is 0 Å². The molecule has 5 heteroatoms. The zero-order valence-electron chi connectivity index (χ0n) is 9.86. The summed E-state index contributed by atoms with van der Waals surface area (Å²) < 4.78 is 5.87. The van der Waals surface area contributed by atoms with Crippen LogP contribution in [-0.4, -0.2) is 30.4 Å². The van der Waals surface area contributed by atoms with E-state index in [0.717, 1.165) is 19.5 Å². The SMILES string of the molecule is CC1CCN(C(=O)c2ccc(Br)o2)CC1CN. The fraction of sp³-hybridized carbons (Fsp3) is 0.583. The first kappa shape index (κ1) is 12.6. The first-order valence-corrected chi connectivity index (χ1v) is 6.65. The summed E-state index contributed by atoms with van der Waals surface area (Å²) in [6.45, 7) is 4.35. The van der Waals surface area contributed by atoms with E-state index in [9.17, 15) is 4.79 Å². The molecule has 1 fully saturated rings. The van der Waals surface area contributed by atoms with E-state index in [1.807, 2.05) is 4.90 Å². The minimum absolute atomic E-state index is 0.0407. The second kappa shape index (κ2) is 5.23. The Bertz CT molecular complexity index is 405. The van der Waals surface area contributed by atoms with Gasteiger partial charge in [-0.2, -0.15) is 0 Å². The standard InChI is InChI=1S/C12H17BrN2O2/c1-8-4-5-15(7-9(8)6-14)12(16)10-2-3-11(13)17-10/h2-3,8-9H,4-7,14H2,1H3. The maximum atomic E-state index is 12.2. The predicted molar refractivity (Wildman–Crippen MR) is 68.6 cm³/mol. The summed E-state index contributed by atoms with van der Waals surface area (Å²) in [6.07, 6.45) is 1.01. The minimum Gasteiger partial charge on any atom is -0.444 e. The molecule has 94 valence electrons. The van der Waals surface area contributed by atoms with E-state index in [4.69, 9.17) is 10.2 Å². The summed E-state index contributed by atoms with van der Waals surface area (Å²) in [5, 5.41) is 0. The van der Waals surface area contributed by atoms with Crippen molar-refractivity contribution in [3.63, 3.8) is 0 Å². The third-order valence-electron chi connectivity index (χ3n) is 3.49. The van der Waals surface area contributed by atoms with Crippen molar-refractivity contribution in [1.82, 2.24) is 4.90 Å². The molecule has 1 aliphatic heterocycles. The fourth-order valence-electron chi connectivity index (χ4n) is 2.23. The molecule has 0 aliphatic carbocycles. The Balaban J connectivity index is 2.05. The number of nitrogens with zero attached hydrogens (tertiary/aromatic N) is 1. The van der Waals surface area contributed by atoms with Gasteiger partial charge in [-0.1, -0.05) is 6.92 Å². The molecular formula is C12H17BrN2O2. The summed E-state index contributed by atoms with van der Waals surface area (Å²) >= 11 is 3.20. The van der Waals surface area contributed by atoms with Gasteiger partial charge >= 0.3 is 0 Å². The molecule has 2 rings (SSSR count). The van der Waals surface area contributed by atoms with E-state index in [1.54, 1.807) is 12.1 Å². The maximum absolute atomic E-state index is 12.2. The van der Waals surface area contributed by atoms with Crippen LogP contribution in [0.25, 0.3) is 0 Å². The Morgan fingerprint density at radius 3 is 3.00 bits per heavy atom. The lowest BCUT2D eigenvalue weighted by Gasteiger charge is -2.36. The van der Waals surface area contributed by atoms with Crippen LogP contribution >= 0.6 is 15.9 Å². The number of piperidine rings is 1. The minimum atomic E-state index is -0.0407. The first-order valence-electron chi connectivity index (χ1n) is 5.86. The third kappa shape index (κ3) is 2.72. The lowest BCUT2D eigenvalue weighted by atomic mass is 9.87. The molecular weight excluding hydrogens is 284 g/mol. The number of furan rings is 1. The van der Waals surface area contributed by atoms with E-state index in [-0.39, 0.29) is 5.91 Å². The number of amides is 1. The maximum Gasteiger partial charge on any atom is 0.289 e. The van der Waals surface area contributed by atoms with E-state index in [0.29, 0.717) is 28.8 Å². The molecule has 0 saturated carbocycles. The van der Waals surface area contributed by atoms with Crippen molar-refractivity contribution in [3.8, 4) is 0 Å². The molecule has 2 unspecified atom stereocenters. The van der Waals surface area contributed by atoms with E-state index >= 15 is 0 Å². The molecule has 17 heavy (non-hydrogen) atoms. The van der Waals surface area contributed by atoms with Crippen LogP contribution in [0.5, 0.6) is 0 Å². The van der Waals surface area contributed by atoms with Crippen LogP contribution in [0, 0.1) is 11.8 Å². The molecule has 0 radical (unpaired) electrons. The molecule has 2 heterocycles. The first-order chi connectivity index (χ1) is 8.11. The van der Waals surface area contributed by atoms with Crippen molar-refractivity contribution in [2.75, 3.05) is 19.6 Å². The number of carbonyl (C=O) groups is 1. The molecule has 1 amide bonds. The summed E-state index contributed by atoms with van der Waals surface area (Å²) in [6, 6.07) is 3.43. The van der Waals surface area contributed by atoms with Gasteiger partial charge in [0.2, 0.25) is 0 Å². The number of halogens is 1. The Kier molecular flexibility index (Phi) is 3.89. The van der Waals surface area contributed by atoms with Gasteiger partial charge < -0.3 is 15.1 Å². The normalized spacial score (nSPS) is 25.0. The molecule has 4 nitrogen and oxygen atoms in total. The quantitative estimate of drug-likeness (QED) is 0.910. The fourth-order valence-corrected chi connectivity index (χ4v) is 2.53. The topological polar surface area (TPSA) is 59.5 Å². The van der Waals surface area contributed by atoms with Gasteiger partial charge in [0.05, 0.1) is 0 Å². The predicted octanol–water partition coefficient (Wildman–Crippen LogP) is 2.10. The molecule has 2 atom stereocenters. The van der Waals surface area contributed by atoms with E-state index < -0.39 is 0 Å². The van der Waals surface area contributed by atoms with Crippen LogP contribution in [0.3, 0.4) is 0 Å². The summed E-state index contributed by atoms with van der Waals surface area (Å²) in [7, 11) is 0. The van der Waals surface area contributed by atoms with E-state index in [1.165, 1.54) is 0 Å². The van der Waals surface area contributed by atoms with Gasteiger partial charge in [-0.15, -0.1) is 0 Å². The van der Waals surface area contributed by atoms with Crippen molar-refractivity contribution < 1.29 is 9.21 Å². The molecule has 1 aromatic rings. The van der Waals surface area contributed by atoms with Crippen LogP contribution in [0.4, 0.5) is 0 Å². The van der Waals surface area contributed by atoms with Crippen molar-refractivity contribution >= 4 is 21.8 Å². The van der Waals surface area contributed by atoms with Crippen molar-refractivity contribution in [2.45, 2.75) is 13.3 Å². The Morgan fingerprint density at radius 2 is 2.41 bits per heavy atom. The van der Waals surface area contributed by atoms with Gasteiger partial charge in [-0.25, -0.2) is 0 Å². The average Bonchev–Trinajstić information content (AvgIpc) is 2.75. The van der Waals surface area contributed by atoms with Gasteiger partial charge in [0.1, 0.15) is 0 Å². The lowest BCUT2D eigenvalue weighted by Crippen LogP contribution is -2.45. The number of nitrogens with two attached hydrogens (primary N) is 1. The monoisotopic (exact) mass is 300 g/mol. The highest BCUT2D eigenvalue weighted by atomic mass is 79.9. The summed E-state index contributed by atoms with van der Waals surface area (Å²) in [4.78, 5) is 14.0. The molecule has 0 spiro atoms. The van der Waals surface area contributed by atoms with Crippen molar-refractivity contribution in [3.05, 3.63) is 22.6 Å². The molecule has 2 N–H and O–H groups in total. The van der Waals surface area contributed by atoms with Gasteiger partial charge in [-0.3, -0.25) is 4.79 Å². The Hall–Kier alpha value is -0.810. The third-order valence-corrected chi connectivity index (χ3v) is 3.91. The molecule has 0 aromatic carbocycles. The van der Waals surface area contributed by atoms with Crippen LogP contribution < -0.4 is 5.73 Å². The number of rotatable bonds is 2. The highest BCUT2D eigenvalue weighted by Crippen LogP contribution is 2.24. The largest absolute Gasteiger partial charge is 0.444 e. The second-order valence-corrected chi connectivity index (χ2v) is 5.40. The molecule has 1 aromatic heterocycles. The second-order valence-electron chi connectivity index (χ2n) is 4.62. The molecule has 0 bridgehead atoms. The highest BCUT2D eigenvalue weighted by molar-refractivity contribution is 9.10. The number of likely N-dealkylation sites (tertiary alicyclic amines) is 1. The molecule has 1 saturated heterocycles. The van der Waals surface area contributed by atoms with Crippen molar-refractivity contribution in [1.29, 1.82) is 0 Å². The van der Waals surface area contributed by atoms with Gasteiger partial charge in [0.15, 0.2) is 10.4 Å². The Labute approximate surface area is 109 Å². The lowest BCUT2D eigenvalue weighted by molar-refractivity contribution is 0.0586. The average molecular weight is 301 g/mol. The number of carbonyl (C=O) groups excluding carboxylic acids is 1. The zero-order chi connectivity index (χ0) is 12.4. The smallest absolute Gasteiger partial charge is 0.289 e. The van der Waals surface area contributed by atoms with Gasteiger partial charge in [0.25, 0.3) is 5.91 Å². The summed E-state index contributed by atoms with van der Waals surface area (Å²) in [5.41, 5.74) is 5.73. The Morgan fingerprint density at radius 1 is 1.65 bits per heavy atom. The highest BCUT2D eigenvalue weighted by Gasteiger charge is 2.29. The molecule has 1 aliphatic rings. The van der Waals surface area contributed by atoms with Crippen LogP contribution in [0.1, 0.15) is 23.9 Å². The number of hydrogen-bond acceptors (Lipinski definition) is 3. The zero-order valence-corrected chi connectivity index (χ0v) is 11.4. The van der Waals surface area contributed by atoms with Gasteiger partial charge in [0, 0.05) is 13.1 Å². The van der Waals surface area contributed by atoms with Gasteiger partial charge in [-0.05, 0) is 52.9 Å². The summed E-state index contributed by atoms with van der Waals surface area (Å²) in [5.74, 6) is 1.33. The van der Waals surface area contributed by atoms with E-state index in [2.05, 4.69) is 22.9 Å². The van der Waals surface area contributed by atoms with Crippen LogP contribution in [0.2, 0.25) is 0 Å². The number of hydrogen-bond donors (Lipinski definition) is 1.